The van der Waals surface area contributed by atoms with Gasteiger partial charge in [0, 0.05) is 19.6 Å². The normalized spacial score (nSPS) is 14.0. The molecular formula is C29H31F3N6O2. The largest absolute Gasteiger partial charge is 0.475 e. The van der Waals surface area contributed by atoms with Crippen molar-refractivity contribution in [3.05, 3.63) is 82.9 Å². The van der Waals surface area contributed by atoms with Crippen LogP contribution in [-0.4, -0.2) is 49.1 Å². The number of benzene rings is 2. The number of nitrogens with one attached hydrogen (secondary N) is 1. The van der Waals surface area contributed by atoms with E-state index in [0.29, 0.717) is 48.3 Å². The second-order valence-electron chi connectivity index (χ2n) is 10.4. The Balaban J connectivity index is 1.52. The quantitative estimate of drug-likeness (QED) is 0.242. The molecule has 2 aromatic carbocycles. The van der Waals surface area contributed by atoms with Crippen LogP contribution in [0, 0.1) is 5.92 Å². The van der Waals surface area contributed by atoms with Crippen LogP contribution in [0.4, 0.5) is 19.0 Å². The van der Waals surface area contributed by atoms with Gasteiger partial charge in [-0.15, -0.1) is 0 Å². The Kier molecular flexibility index (Phi) is 8.02. The lowest BCUT2D eigenvalue weighted by Gasteiger charge is -2.25. The number of aromatic nitrogens is 4. The molecule has 40 heavy (non-hydrogen) atoms. The van der Waals surface area contributed by atoms with E-state index in [4.69, 9.17) is 4.98 Å². The molecule has 210 valence electrons. The van der Waals surface area contributed by atoms with Gasteiger partial charge in [-0.1, -0.05) is 61.7 Å². The van der Waals surface area contributed by atoms with Crippen LogP contribution in [0.1, 0.15) is 58.8 Å². The molecule has 0 unspecified atom stereocenters. The number of carboxylic acids is 1. The van der Waals surface area contributed by atoms with E-state index in [1.165, 1.54) is 31.4 Å². The van der Waals surface area contributed by atoms with Crippen molar-refractivity contribution in [3.63, 3.8) is 0 Å². The van der Waals surface area contributed by atoms with Crippen molar-refractivity contribution in [2.45, 2.75) is 51.5 Å². The van der Waals surface area contributed by atoms with Crippen LogP contribution in [0.25, 0.3) is 11.2 Å². The molecule has 0 bridgehead atoms. The summed E-state index contributed by atoms with van der Waals surface area (Å²) in [5, 5.41) is 13.0. The first-order valence-electron chi connectivity index (χ1n) is 13.3. The molecule has 1 aliphatic carbocycles. The van der Waals surface area contributed by atoms with Crippen molar-refractivity contribution >= 4 is 23.0 Å². The van der Waals surface area contributed by atoms with Gasteiger partial charge in [0.05, 0.1) is 12.1 Å². The highest BCUT2D eigenvalue weighted by Gasteiger charge is 2.30. The van der Waals surface area contributed by atoms with Crippen molar-refractivity contribution in [2.24, 2.45) is 5.92 Å². The van der Waals surface area contributed by atoms with Crippen molar-refractivity contribution in [2.75, 3.05) is 18.9 Å². The minimum absolute atomic E-state index is 0.218. The van der Waals surface area contributed by atoms with Crippen molar-refractivity contribution in [3.8, 4) is 0 Å². The summed E-state index contributed by atoms with van der Waals surface area (Å²) in [6.07, 6.45) is 0.110. The lowest BCUT2D eigenvalue weighted by atomic mass is 9.83. The van der Waals surface area contributed by atoms with Crippen LogP contribution < -0.4 is 5.32 Å². The summed E-state index contributed by atoms with van der Waals surface area (Å²) in [4.78, 5) is 27.1. The second kappa shape index (κ2) is 11.6. The number of halogens is 3. The molecule has 0 radical (unpaired) electrons. The Morgan fingerprint density at radius 3 is 2.38 bits per heavy atom. The van der Waals surface area contributed by atoms with Gasteiger partial charge in [0.1, 0.15) is 11.3 Å². The fourth-order valence-corrected chi connectivity index (χ4v) is 4.94. The first kappa shape index (κ1) is 27.6. The Morgan fingerprint density at radius 2 is 1.75 bits per heavy atom. The molecule has 2 heterocycles. The number of imidazole rings is 1. The van der Waals surface area contributed by atoms with Gasteiger partial charge in [-0.05, 0) is 42.6 Å². The summed E-state index contributed by atoms with van der Waals surface area (Å²) in [6, 6.07) is 14.9. The summed E-state index contributed by atoms with van der Waals surface area (Å²) in [5.41, 5.74) is 1.79. The van der Waals surface area contributed by atoms with Gasteiger partial charge in [0.2, 0.25) is 5.82 Å². The van der Waals surface area contributed by atoms with Crippen LogP contribution in [0.3, 0.4) is 0 Å². The molecule has 1 saturated carbocycles. The van der Waals surface area contributed by atoms with Crippen molar-refractivity contribution < 1.29 is 23.1 Å². The number of aromatic carboxylic acids is 1. The van der Waals surface area contributed by atoms with Crippen LogP contribution >= 0.6 is 0 Å². The number of carboxylic acid groups (broad SMARTS) is 1. The number of rotatable bonds is 11. The first-order chi connectivity index (χ1) is 19.2. The molecular weight excluding hydrogens is 521 g/mol. The maximum Gasteiger partial charge on any atom is 0.416 e. The fraction of sp³-hybridized carbons (Fsp3) is 0.379. The minimum atomic E-state index is -4.43. The molecule has 0 spiro atoms. The standard InChI is InChI=1S/C29H31F3N6O2/c1-37(16-20-6-3-2-4-7-20)18-23-34-26-24(38(23)17-21-10-12-22(13-11-21)29(30,31)32)25(35-27(36-26)28(39)40)33-15-14-19-8-5-9-19/h2-4,6-7,10-13,19H,5,8-9,14-18H2,1H3,(H,39,40)(H,33,35,36). The monoisotopic (exact) mass is 552 g/mol. The number of alkyl halides is 3. The molecule has 0 saturated heterocycles. The zero-order valence-electron chi connectivity index (χ0n) is 22.2. The highest BCUT2D eigenvalue weighted by molar-refractivity contribution is 5.90. The van der Waals surface area contributed by atoms with Crippen LogP contribution in [-0.2, 0) is 25.8 Å². The molecule has 0 aliphatic heterocycles. The number of nitrogens with zero attached hydrogens (tertiary/aromatic N) is 5. The van der Waals surface area contributed by atoms with E-state index >= 15 is 0 Å². The zero-order chi connectivity index (χ0) is 28.3. The Labute approximate surface area is 229 Å². The van der Waals surface area contributed by atoms with Crippen molar-refractivity contribution in [1.29, 1.82) is 0 Å². The van der Waals surface area contributed by atoms with E-state index < -0.39 is 17.7 Å². The summed E-state index contributed by atoms with van der Waals surface area (Å²) in [7, 11) is 1.95. The predicted octanol–water partition coefficient (Wildman–Crippen LogP) is 5.83. The highest BCUT2D eigenvalue weighted by atomic mass is 19.4. The third-order valence-electron chi connectivity index (χ3n) is 7.27. The van der Waals surface area contributed by atoms with E-state index in [1.54, 1.807) is 0 Å². The van der Waals surface area contributed by atoms with E-state index in [0.717, 1.165) is 24.1 Å². The van der Waals surface area contributed by atoms with Crippen LogP contribution in [0.5, 0.6) is 0 Å². The smallest absolute Gasteiger partial charge is 0.416 e. The number of carbonyl (C=O) groups is 1. The Hall–Kier alpha value is -3.99. The molecule has 0 amide bonds. The molecule has 1 aliphatic rings. The van der Waals surface area contributed by atoms with Gasteiger partial charge in [0.15, 0.2) is 11.5 Å². The predicted molar refractivity (Wildman–Crippen MR) is 145 cm³/mol. The van der Waals surface area contributed by atoms with Crippen LogP contribution in [0.15, 0.2) is 54.6 Å². The molecule has 8 nitrogen and oxygen atoms in total. The van der Waals surface area contributed by atoms with E-state index in [9.17, 15) is 23.1 Å². The summed E-state index contributed by atoms with van der Waals surface area (Å²) in [5.74, 6) is -0.0145. The summed E-state index contributed by atoms with van der Waals surface area (Å²) in [6.45, 7) is 1.87. The number of anilines is 1. The molecule has 11 heteroatoms. The van der Waals surface area contributed by atoms with Gasteiger partial charge in [0.25, 0.3) is 0 Å². The maximum atomic E-state index is 13.2. The first-order valence-corrected chi connectivity index (χ1v) is 13.3. The van der Waals surface area contributed by atoms with Gasteiger partial charge < -0.3 is 15.0 Å². The topological polar surface area (TPSA) is 96.2 Å². The molecule has 4 aromatic rings. The minimum Gasteiger partial charge on any atom is -0.475 e. The summed E-state index contributed by atoms with van der Waals surface area (Å²) < 4.78 is 41.3. The molecule has 2 aromatic heterocycles. The van der Waals surface area contributed by atoms with Gasteiger partial charge in [-0.3, -0.25) is 4.90 Å². The van der Waals surface area contributed by atoms with Gasteiger partial charge in [-0.25, -0.2) is 19.7 Å². The summed E-state index contributed by atoms with van der Waals surface area (Å²) >= 11 is 0. The van der Waals surface area contributed by atoms with Gasteiger partial charge >= 0.3 is 12.1 Å². The molecule has 2 N–H and O–H groups in total. The van der Waals surface area contributed by atoms with Crippen LogP contribution in [0.2, 0.25) is 0 Å². The second-order valence-corrected chi connectivity index (χ2v) is 10.4. The molecule has 0 atom stereocenters. The number of hydrogen-bond donors (Lipinski definition) is 2. The maximum absolute atomic E-state index is 13.2. The fourth-order valence-electron chi connectivity index (χ4n) is 4.94. The van der Waals surface area contributed by atoms with E-state index in [-0.39, 0.29) is 18.0 Å². The van der Waals surface area contributed by atoms with Gasteiger partial charge in [-0.2, -0.15) is 13.2 Å². The van der Waals surface area contributed by atoms with E-state index in [1.807, 2.05) is 41.9 Å². The highest BCUT2D eigenvalue weighted by Crippen LogP contribution is 2.31. The average Bonchev–Trinajstić information content (AvgIpc) is 3.22. The van der Waals surface area contributed by atoms with E-state index in [2.05, 4.69) is 20.2 Å². The van der Waals surface area contributed by atoms with Crippen molar-refractivity contribution in [1.82, 2.24) is 24.4 Å². The molecule has 5 rings (SSSR count). The number of hydrogen-bond acceptors (Lipinski definition) is 6. The third kappa shape index (κ3) is 6.41. The third-order valence-corrected chi connectivity index (χ3v) is 7.27. The Morgan fingerprint density at radius 1 is 1.02 bits per heavy atom. The zero-order valence-corrected chi connectivity index (χ0v) is 22.2. The molecule has 1 fully saturated rings. The lowest BCUT2D eigenvalue weighted by Crippen LogP contribution is -2.21. The average molecular weight is 553 g/mol. The Bertz CT molecular complexity index is 1470. The number of fused-ring (bicyclic) bond motifs is 1. The SMILES string of the molecule is CN(Cc1ccccc1)Cc1nc2nc(C(=O)O)nc(NCCC3CCC3)c2n1Cc1ccc(C(F)(F)F)cc1. The lowest BCUT2D eigenvalue weighted by molar-refractivity contribution is -0.137.